The van der Waals surface area contributed by atoms with Crippen molar-refractivity contribution in [3.63, 3.8) is 0 Å². The predicted molar refractivity (Wildman–Crippen MR) is 135 cm³/mol. The number of ketones is 1. The average molecular weight is 480 g/mol. The van der Waals surface area contributed by atoms with E-state index in [9.17, 15) is 9.18 Å². The van der Waals surface area contributed by atoms with Crippen LogP contribution >= 0.6 is 11.6 Å². The number of hydrogen-bond acceptors (Lipinski definition) is 6. The Labute approximate surface area is 203 Å². The predicted octanol–water partition coefficient (Wildman–Crippen LogP) is 5.91. The summed E-state index contributed by atoms with van der Waals surface area (Å²) < 4.78 is 14.7. The zero-order valence-corrected chi connectivity index (χ0v) is 19.6. The van der Waals surface area contributed by atoms with E-state index in [1.807, 2.05) is 30.3 Å². The molecule has 0 aliphatic carbocycles. The standard InChI is InChI=1S/C26H27ClFN5O/c1-2-21(34)14-18-7-6-8-19(13-18)16-29-25-22(27)17-30-26(32-25)31-20-9-10-24(23(28)15-20)33-11-4-3-5-12-33/h2,6-10,13,15,17H,1,3-5,11-12,14,16H2,(H2,29,30,31,32). The van der Waals surface area contributed by atoms with Crippen LogP contribution in [0.15, 0.2) is 61.3 Å². The van der Waals surface area contributed by atoms with Crippen molar-refractivity contribution in [1.82, 2.24) is 9.97 Å². The van der Waals surface area contributed by atoms with E-state index in [1.54, 1.807) is 6.07 Å². The Kier molecular flexibility index (Phi) is 7.75. The molecule has 1 aromatic heterocycles. The molecule has 0 atom stereocenters. The first-order valence-electron chi connectivity index (χ1n) is 11.3. The van der Waals surface area contributed by atoms with E-state index in [2.05, 4.69) is 32.1 Å². The number of allylic oxidation sites excluding steroid dienone is 1. The van der Waals surface area contributed by atoms with Crippen LogP contribution in [0.25, 0.3) is 0 Å². The molecule has 176 valence electrons. The van der Waals surface area contributed by atoms with Gasteiger partial charge < -0.3 is 15.5 Å². The summed E-state index contributed by atoms with van der Waals surface area (Å²) in [5.41, 5.74) is 3.08. The number of anilines is 4. The van der Waals surface area contributed by atoms with Gasteiger partial charge in [-0.1, -0.05) is 42.4 Å². The normalized spacial score (nSPS) is 13.4. The molecule has 2 N–H and O–H groups in total. The summed E-state index contributed by atoms with van der Waals surface area (Å²) in [6.45, 7) is 5.74. The van der Waals surface area contributed by atoms with Gasteiger partial charge in [-0.25, -0.2) is 9.37 Å². The first-order valence-corrected chi connectivity index (χ1v) is 11.7. The monoisotopic (exact) mass is 479 g/mol. The first-order chi connectivity index (χ1) is 16.5. The number of aromatic nitrogens is 2. The molecule has 0 unspecified atom stereocenters. The van der Waals surface area contributed by atoms with Gasteiger partial charge in [0.15, 0.2) is 11.6 Å². The maximum Gasteiger partial charge on any atom is 0.229 e. The number of rotatable bonds is 9. The summed E-state index contributed by atoms with van der Waals surface area (Å²) in [6.07, 6.45) is 6.51. The zero-order chi connectivity index (χ0) is 23.9. The minimum Gasteiger partial charge on any atom is -0.369 e. The second-order valence-corrected chi connectivity index (χ2v) is 8.66. The molecule has 34 heavy (non-hydrogen) atoms. The second kappa shape index (κ2) is 11.1. The quantitative estimate of drug-likeness (QED) is 0.372. The van der Waals surface area contributed by atoms with Crippen molar-refractivity contribution in [2.75, 3.05) is 28.6 Å². The number of benzene rings is 2. The van der Waals surface area contributed by atoms with Gasteiger partial charge in [-0.15, -0.1) is 0 Å². The molecule has 4 rings (SSSR count). The van der Waals surface area contributed by atoms with Crippen LogP contribution in [-0.4, -0.2) is 28.8 Å². The fourth-order valence-corrected chi connectivity index (χ4v) is 4.12. The van der Waals surface area contributed by atoms with Gasteiger partial charge in [-0.05, 0) is 54.7 Å². The molecule has 1 aliphatic rings. The van der Waals surface area contributed by atoms with E-state index in [1.165, 1.54) is 24.8 Å². The van der Waals surface area contributed by atoms with Crippen molar-refractivity contribution in [2.45, 2.75) is 32.2 Å². The van der Waals surface area contributed by atoms with Gasteiger partial charge >= 0.3 is 0 Å². The molecule has 0 spiro atoms. The highest BCUT2D eigenvalue weighted by atomic mass is 35.5. The zero-order valence-electron chi connectivity index (χ0n) is 18.9. The molecule has 0 saturated carbocycles. The molecule has 1 aliphatic heterocycles. The van der Waals surface area contributed by atoms with Crippen molar-refractivity contribution in [3.05, 3.63) is 83.3 Å². The third kappa shape index (κ3) is 6.11. The number of piperidine rings is 1. The molecule has 0 bridgehead atoms. The van der Waals surface area contributed by atoms with E-state index in [4.69, 9.17) is 11.6 Å². The topological polar surface area (TPSA) is 70.2 Å². The number of nitrogens with zero attached hydrogens (tertiary/aromatic N) is 3. The van der Waals surface area contributed by atoms with Crippen LogP contribution in [0.2, 0.25) is 5.02 Å². The highest BCUT2D eigenvalue weighted by molar-refractivity contribution is 6.32. The Bertz CT molecular complexity index is 1180. The van der Waals surface area contributed by atoms with Gasteiger partial charge in [-0.2, -0.15) is 4.98 Å². The lowest BCUT2D eigenvalue weighted by Gasteiger charge is -2.29. The maximum absolute atomic E-state index is 14.7. The summed E-state index contributed by atoms with van der Waals surface area (Å²) in [6, 6.07) is 12.8. The van der Waals surface area contributed by atoms with Gasteiger partial charge in [0.1, 0.15) is 10.8 Å². The number of carbonyl (C=O) groups excluding carboxylic acids is 1. The molecule has 1 fully saturated rings. The summed E-state index contributed by atoms with van der Waals surface area (Å²) in [5, 5.41) is 6.63. The molecule has 6 nitrogen and oxygen atoms in total. The number of halogens is 2. The third-order valence-electron chi connectivity index (χ3n) is 5.70. The van der Waals surface area contributed by atoms with Crippen LogP contribution in [0.3, 0.4) is 0 Å². The lowest BCUT2D eigenvalue weighted by Crippen LogP contribution is -2.30. The van der Waals surface area contributed by atoms with Crippen molar-refractivity contribution in [3.8, 4) is 0 Å². The Hall–Kier alpha value is -3.45. The minimum absolute atomic E-state index is 0.0277. The third-order valence-corrected chi connectivity index (χ3v) is 5.98. The van der Waals surface area contributed by atoms with Crippen molar-refractivity contribution in [2.24, 2.45) is 0 Å². The van der Waals surface area contributed by atoms with Crippen molar-refractivity contribution < 1.29 is 9.18 Å². The van der Waals surface area contributed by atoms with Crippen LogP contribution < -0.4 is 15.5 Å². The van der Waals surface area contributed by atoms with Gasteiger partial charge in [0, 0.05) is 31.7 Å². The van der Waals surface area contributed by atoms with E-state index >= 15 is 0 Å². The van der Waals surface area contributed by atoms with Crippen LogP contribution in [0.4, 0.5) is 27.5 Å². The summed E-state index contributed by atoms with van der Waals surface area (Å²) in [7, 11) is 0. The molecule has 0 amide bonds. The number of carbonyl (C=O) groups is 1. The van der Waals surface area contributed by atoms with E-state index in [0.29, 0.717) is 41.1 Å². The van der Waals surface area contributed by atoms with Crippen LogP contribution in [0.5, 0.6) is 0 Å². The lowest BCUT2D eigenvalue weighted by molar-refractivity contribution is -0.114. The summed E-state index contributed by atoms with van der Waals surface area (Å²) in [4.78, 5) is 22.4. The molecule has 0 radical (unpaired) electrons. The van der Waals surface area contributed by atoms with E-state index < -0.39 is 0 Å². The highest BCUT2D eigenvalue weighted by Crippen LogP contribution is 2.27. The van der Waals surface area contributed by atoms with Crippen LogP contribution in [0.1, 0.15) is 30.4 Å². The lowest BCUT2D eigenvalue weighted by atomic mass is 10.1. The SMILES string of the molecule is C=CC(=O)Cc1cccc(CNc2nc(Nc3ccc(N4CCCCC4)c(F)c3)ncc2Cl)c1. The van der Waals surface area contributed by atoms with Gasteiger partial charge in [-0.3, -0.25) is 4.79 Å². The average Bonchev–Trinajstić information content (AvgIpc) is 2.85. The second-order valence-electron chi connectivity index (χ2n) is 8.25. The first kappa shape index (κ1) is 23.7. The molecule has 2 aromatic carbocycles. The molecular weight excluding hydrogens is 453 g/mol. The smallest absolute Gasteiger partial charge is 0.229 e. The molecule has 8 heteroatoms. The Morgan fingerprint density at radius 3 is 2.71 bits per heavy atom. The largest absolute Gasteiger partial charge is 0.369 e. The Balaban J connectivity index is 1.42. The van der Waals surface area contributed by atoms with Crippen LogP contribution in [-0.2, 0) is 17.8 Å². The van der Waals surface area contributed by atoms with E-state index in [-0.39, 0.29) is 11.6 Å². The van der Waals surface area contributed by atoms with Gasteiger partial charge in [0.25, 0.3) is 0 Å². The van der Waals surface area contributed by atoms with Crippen molar-refractivity contribution in [1.29, 1.82) is 0 Å². The highest BCUT2D eigenvalue weighted by Gasteiger charge is 2.15. The Morgan fingerprint density at radius 2 is 1.94 bits per heavy atom. The molecular formula is C26H27ClFN5O. The molecule has 3 aromatic rings. The fourth-order valence-electron chi connectivity index (χ4n) is 3.97. The maximum atomic E-state index is 14.7. The minimum atomic E-state index is -0.269. The Morgan fingerprint density at radius 1 is 1.15 bits per heavy atom. The van der Waals surface area contributed by atoms with Crippen molar-refractivity contribution >= 4 is 40.5 Å². The van der Waals surface area contributed by atoms with E-state index in [0.717, 1.165) is 37.1 Å². The number of hydrogen-bond donors (Lipinski definition) is 2. The number of nitrogens with one attached hydrogen (secondary N) is 2. The molecule has 2 heterocycles. The van der Waals surface area contributed by atoms with Gasteiger partial charge in [0.2, 0.25) is 5.95 Å². The molecule has 1 saturated heterocycles. The van der Waals surface area contributed by atoms with Gasteiger partial charge in [0.05, 0.1) is 11.9 Å². The fraction of sp³-hybridized carbons (Fsp3) is 0.269. The summed E-state index contributed by atoms with van der Waals surface area (Å²) in [5.74, 6) is 0.466. The summed E-state index contributed by atoms with van der Waals surface area (Å²) >= 11 is 6.28. The van der Waals surface area contributed by atoms with Crippen LogP contribution in [0, 0.1) is 5.82 Å².